The summed E-state index contributed by atoms with van der Waals surface area (Å²) in [6.45, 7) is 0. The number of hydrogen-bond donors (Lipinski definition) is 1. The molecule has 2 rings (SSSR count). The van der Waals surface area contributed by atoms with Gasteiger partial charge in [0.2, 0.25) is 0 Å². The van der Waals surface area contributed by atoms with E-state index in [4.69, 9.17) is 11.6 Å². The SMILES string of the molecule is O=C(O)C(Cc1c(Cl)cccc1[N+](=O)[O-])c1ccccc1. The molecule has 0 aromatic heterocycles. The van der Waals surface area contributed by atoms with E-state index in [0.29, 0.717) is 5.56 Å². The summed E-state index contributed by atoms with van der Waals surface area (Å²) in [6.07, 6.45) is -0.0324. The van der Waals surface area contributed by atoms with Gasteiger partial charge in [-0.3, -0.25) is 14.9 Å². The predicted molar refractivity (Wildman–Crippen MR) is 78.6 cm³/mol. The van der Waals surface area contributed by atoms with Gasteiger partial charge in [-0.25, -0.2) is 0 Å². The number of benzene rings is 2. The Morgan fingerprint density at radius 1 is 1.19 bits per heavy atom. The van der Waals surface area contributed by atoms with E-state index in [1.54, 1.807) is 30.3 Å². The zero-order valence-corrected chi connectivity index (χ0v) is 11.7. The number of nitrogens with zero attached hydrogens (tertiary/aromatic N) is 1. The first-order valence-electron chi connectivity index (χ1n) is 6.20. The first-order chi connectivity index (χ1) is 10.0. The zero-order valence-electron chi connectivity index (χ0n) is 10.9. The van der Waals surface area contributed by atoms with Gasteiger partial charge in [-0.2, -0.15) is 0 Å². The molecule has 1 N–H and O–H groups in total. The van der Waals surface area contributed by atoms with Gasteiger partial charge >= 0.3 is 5.97 Å². The van der Waals surface area contributed by atoms with Crippen molar-refractivity contribution in [3.63, 3.8) is 0 Å². The zero-order chi connectivity index (χ0) is 15.4. The standard InChI is InChI=1S/C15H12ClNO4/c16-13-7-4-8-14(17(20)21)12(13)9-11(15(18)19)10-5-2-1-3-6-10/h1-8,11H,9H2,(H,18,19). The highest BCUT2D eigenvalue weighted by molar-refractivity contribution is 6.31. The number of aliphatic carboxylic acids is 1. The lowest BCUT2D eigenvalue weighted by molar-refractivity contribution is -0.385. The summed E-state index contributed by atoms with van der Waals surface area (Å²) >= 11 is 6.01. The molecule has 6 heteroatoms. The Morgan fingerprint density at radius 3 is 2.43 bits per heavy atom. The lowest BCUT2D eigenvalue weighted by Crippen LogP contribution is -2.15. The molecule has 0 aliphatic carbocycles. The van der Waals surface area contributed by atoms with Gasteiger partial charge in [0.1, 0.15) is 0 Å². The van der Waals surface area contributed by atoms with Gasteiger partial charge < -0.3 is 5.11 Å². The molecular weight excluding hydrogens is 294 g/mol. The van der Waals surface area contributed by atoms with Crippen LogP contribution in [0.4, 0.5) is 5.69 Å². The van der Waals surface area contributed by atoms with Crippen LogP contribution in [0, 0.1) is 10.1 Å². The Balaban J connectivity index is 2.43. The molecule has 0 amide bonds. The summed E-state index contributed by atoms with van der Waals surface area (Å²) in [4.78, 5) is 22.0. The maximum Gasteiger partial charge on any atom is 0.311 e. The molecule has 0 saturated heterocycles. The Bertz CT molecular complexity index is 673. The van der Waals surface area contributed by atoms with Crippen molar-refractivity contribution < 1.29 is 14.8 Å². The van der Waals surface area contributed by atoms with E-state index in [1.165, 1.54) is 18.2 Å². The van der Waals surface area contributed by atoms with E-state index in [2.05, 4.69) is 0 Å². The minimum atomic E-state index is -1.05. The van der Waals surface area contributed by atoms with E-state index < -0.39 is 16.8 Å². The number of hydrogen-bond acceptors (Lipinski definition) is 3. The summed E-state index contributed by atoms with van der Waals surface area (Å²) in [5, 5.41) is 20.7. The molecule has 108 valence electrons. The van der Waals surface area contributed by atoms with E-state index in [0.717, 1.165) is 0 Å². The van der Waals surface area contributed by atoms with Crippen LogP contribution in [-0.4, -0.2) is 16.0 Å². The molecule has 0 radical (unpaired) electrons. The maximum atomic E-state index is 11.5. The van der Waals surface area contributed by atoms with Gasteiger partial charge in [0, 0.05) is 11.6 Å². The first-order valence-corrected chi connectivity index (χ1v) is 6.58. The minimum absolute atomic E-state index is 0.0324. The highest BCUT2D eigenvalue weighted by Gasteiger charge is 2.26. The summed E-state index contributed by atoms with van der Waals surface area (Å²) in [5.41, 5.74) is 0.657. The largest absolute Gasteiger partial charge is 0.481 e. The second-order valence-corrected chi connectivity index (χ2v) is 4.91. The number of rotatable bonds is 5. The van der Waals surface area contributed by atoms with Crippen LogP contribution in [0.5, 0.6) is 0 Å². The van der Waals surface area contributed by atoms with Crippen molar-refractivity contribution >= 4 is 23.3 Å². The first kappa shape index (κ1) is 15.0. The second kappa shape index (κ2) is 6.37. The molecule has 0 aliphatic heterocycles. The predicted octanol–water partition coefficient (Wildman–Crippen LogP) is 3.66. The summed E-state index contributed by atoms with van der Waals surface area (Å²) in [7, 11) is 0. The van der Waals surface area contributed by atoms with Crippen molar-refractivity contribution in [3.05, 3.63) is 74.8 Å². The third-order valence-corrected chi connectivity index (χ3v) is 3.55. The second-order valence-electron chi connectivity index (χ2n) is 4.50. The highest BCUT2D eigenvalue weighted by atomic mass is 35.5. The van der Waals surface area contributed by atoms with Gasteiger partial charge in [0.15, 0.2) is 0 Å². The van der Waals surface area contributed by atoms with E-state index in [1.807, 2.05) is 0 Å². The lowest BCUT2D eigenvalue weighted by atomic mass is 9.91. The number of nitro groups is 1. The van der Waals surface area contributed by atoms with Crippen LogP contribution in [0.1, 0.15) is 17.0 Å². The van der Waals surface area contributed by atoms with Gasteiger partial charge in [0.25, 0.3) is 5.69 Å². The van der Waals surface area contributed by atoms with E-state index in [9.17, 15) is 20.0 Å². The van der Waals surface area contributed by atoms with Gasteiger partial charge in [-0.15, -0.1) is 0 Å². The topological polar surface area (TPSA) is 80.4 Å². The van der Waals surface area contributed by atoms with Crippen molar-refractivity contribution in [2.75, 3.05) is 0 Å². The van der Waals surface area contributed by atoms with Crippen molar-refractivity contribution in [1.29, 1.82) is 0 Å². The molecule has 21 heavy (non-hydrogen) atoms. The molecule has 1 unspecified atom stereocenters. The van der Waals surface area contributed by atoms with Crippen LogP contribution >= 0.6 is 11.6 Å². The van der Waals surface area contributed by atoms with Crippen molar-refractivity contribution in [2.24, 2.45) is 0 Å². The molecular formula is C15H12ClNO4. The number of halogens is 1. The Kier molecular flexibility index (Phi) is 4.55. The van der Waals surface area contributed by atoms with Gasteiger partial charge in [-0.05, 0) is 18.1 Å². The Hall–Kier alpha value is -2.40. The average molecular weight is 306 g/mol. The lowest BCUT2D eigenvalue weighted by Gasteiger charge is -2.14. The summed E-state index contributed by atoms with van der Waals surface area (Å²) in [6, 6.07) is 12.9. The number of carboxylic acids is 1. The van der Waals surface area contributed by atoms with E-state index >= 15 is 0 Å². The van der Waals surface area contributed by atoms with Crippen molar-refractivity contribution in [3.8, 4) is 0 Å². The quantitative estimate of drug-likeness (QED) is 0.675. The number of carbonyl (C=O) groups is 1. The fourth-order valence-corrected chi connectivity index (χ4v) is 2.40. The number of carboxylic acid groups (broad SMARTS) is 1. The van der Waals surface area contributed by atoms with Gasteiger partial charge in [0.05, 0.1) is 15.9 Å². The summed E-state index contributed by atoms with van der Waals surface area (Å²) < 4.78 is 0. The third-order valence-electron chi connectivity index (χ3n) is 3.20. The van der Waals surface area contributed by atoms with Crippen LogP contribution < -0.4 is 0 Å². The minimum Gasteiger partial charge on any atom is -0.481 e. The normalized spacial score (nSPS) is 11.9. The molecule has 1 atom stereocenters. The molecule has 5 nitrogen and oxygen atoms in total. The molecule has 2 aromatic carbocycles. The van der Waals surface area contributed by atoms with Crippen LogP contribution in [0.25, 0.3) is 0 Å². The summed E-state index contributed by atoms with van der Waals surface area (Å²) in [5.74, 6) is -1.93. The number of nitro benzene ring substituents is 1. The average Bonchev–Trinajstić information content (AvgIpc) is 2.46. The van der Waals surface area contributed by atoms with Crippen LogP contribution in [0.3, 0.4) is 0 Å². The van der Waals surface area contributed by atoms with E-state index in [-0.39, 0.29) is 22.7 Å². The molecule has 0 aliphatic rings. The van der Waals surface area contributed by atoms with Gasteiger partial charge in [-0.1, -0.05) is 48.0 Å². The fraction of sp³-hybridized carbons (Fsp3) is 0.133. The Morgan fingerprint density at radius 2 is 1.86 bits per heavy atom. The maximum absolute atomic E-state index is 11.5. The molecule has 0 spiro atoms. The molecule has 0 saturated carbocycles. The molecule has 0 heterocycles. The molecule has 0 fully saturated rings. The van der Waals surface area contributed by atoms with Crippen LogP contribution in [-0.2, 0) is 11.2 Å². The third kappa shape index (κ3) is 3.38. The van der Waals surface area contributed by atoms with Crippen LogP contribution in [0.15, 0.2) is 48.5 Å². The molecule has 0 bridgehead atoms. The van der Waals surface area contributed by atoms with Crippen molar-refractivity contribution in [2.45, 2.75) is 12.3 Å². The smallest absolute Gasteiger partial charge is 0.311 e. The monoisotopic (exact) mass is 305 g/mol. The highest BCUT2D eigenvalue weighted by Crippen LogP contribution is 2.32. The fourth-order valence-electron chi connectivity index (χ4n) is 2.16. The van der Waals surface area contributed by atoms with Crippen molar-refractivity contribution in [1.82, 2.24) is 0 Å². The van der Waals surface area contributed by atoms with Crippen LogP contribution in [0.2, 0.25) is 5.02 Å². The Labute approximate surface area is 125 Å². The molecule has 2 aromatic rings.